The van der Waals surface area contributed by atoms with E-state index in [9.17, 15) is 23.4 Å². The Bertz CT molecular complexity index is 1420. The molecule has 0 amide bonds. The first-order valence-electron chi connectivity index (χ1n) is 14.6. The van der Waals surface area contributed by atoms with Crippen LogP contribution in [0.15, 0.2) is 41.5 Å². The van der Waals surface area contributed by atoms with Gasteiger partial charge in [0.25, 0.3) is 10.1 Å². The van der Waals surface area contributed by atoms with Gasteiger partial charge < -0.3 is 29.2 Å². The van der Waals surface area contributed by atoms with Crippen molar-refractivity contribution in [3.63, 3.8) is 0 Å². The molecule has 232 valence electrons. The van der Waals surface area contributed by atoms with Crippen molar-refractivity contribution in [1.82, 2.24) is 0 Å². The van der Waals surface area contributed by atoms with Crippen LogP contribution in [0.4, 0.5) is 0 Å². The van der Waals surface area contributed by atoms with Gasteiger partial charge in [-0.05, 0) is 44.8 Å². The summed E-state index contributed by atoms with van der Waals surface area (Å²) >= 11 is 0. The Morgan fingerprint density at radius 1 is 1.02 bits per heavy atom. The van der Waals surface area contributed by atoms with Crippen LogP contribution in [0.3, 0.4) is 0 Å². The van der Waals surface area contributed by atoms with Crippen LogP contribution in [0.5, 0.6) is 0 Å². The largest absolute Gasteiger partial charge is 0.393 e. The Morgan fingerprint density at radius 3 is 2.31 bits per heavy atom. The SMILES string of the molecule is CC1=C2[C@H]3OC(C)(C)O[C@@H]3[C@]3(C)CC[C@H](OS(C)(=O)=O)[C@@](O)(CO)[C@H]3[C@@H]3OC(c4ccccc4)O[C@@]3(CC1=O)C2(C)C. The number of aliphatic hydroxyl groups is 2. The maximum Gasteiger partial charge on any atom is 0.264 e. The van der Waals surface area contributed by atoms with E-state index < -0.39 is 81.2 Å². The highest BCUT2D eigenvalue weighted by Gasteiger charge is 2.76. The molecule has 1 spiro atoms. The molecular weight excluding hydrogens is 564 g/mol. The van der Waals surface area contributed by atoms with Crippen molar-refractivity contribution in [3.05, 3.63) is 47.0 Å². The minimum Gasteiger partial charge on any atom is -0.393 e. The molecule has 1 aromatic rings. The number of carbonyl (C=O) groups excluding carboxylic acids is 1. The van der Waals surface area contributed by atoms with Gasteiger partial charge in [-0.2, -0.15) is 8.42 Å². The summed E-state index contributed by atoms with van der Waals surface area (Å²) in [5, 5.41) is 23.5. The normalized spacial score (nSPS) is 44.2. The van der Waals surface area contributed by atoms with Crippen LogP contribution in [0.25, 0.3) is 0 Å². The van der Waals surface area contributed by atoms with Gasteiger partial charge in [0.2, 0.25) is 0 Å². The van der Waals surface area contributed by atoms with Crippen molar-refractivity contribution in [2.75, 3.05) is 12.9 Å². The average molecular weight is 607 g/mol. The number of ether oxygens (including phenoxy) is 4. The van der Waals surface area contributed by atoms with E-state index in [4.69, 9.17) is 23.1 Å². The second-order valence-corrected chi connectivity index (χ2v) is 15.6. The second-order valence-electron chi connectivity index (χ2n) is 14.0. The lowest BCUT2D eigenvalue weighted by molar-refractivity contribution is -0.260. The Kier molecular flexibility index (Phi) is 6.79. The van der Waals surface area contributed by atoms with Gasteiger partial charge in [-0.1, -0.05) is 51.1 Å². The highest BCUT2D eigenvalue weighted by atomic mass is 32.2. The van der Waals surface area contributed by atoms with Gasteiger partial charge in [0.05, 0.1) is 25.1 Å². The molecule has 0 radical (unpaired) electrons. The molecule has 2 aliphatic heterocycles. The van der Waals surface area contributed by atoms with E-state index in [0.29, 0.717) is 12.0 Å². The standard InChI is InChI=1S/C31H42O10S/c1-17-19(33)15-31-25(37-26(40-31)18-11-9-8-10-12-18)23-29(6,14-13-20(30(23,34)16-32)41-42(7,35)36)24-22(21(17)27(31,2)3)38-28(4,5)39-24/h8-12,20,22-26,32,34H,13-16H2,1-7H3/t20-,22+,23-,24-,25-,26?,29+,30-,31+/m0/s1. The van der Waals surface area contributed by atoms with Crippen molar-refractivity contribution >= 4 is 15.9 Å². The van der Waals surface area contributed by atoms with Crippen LogP contribution in [-0.4, -0.2) is 78.7 Å². The van der Waals surface area contributed by atoms with Crippen LogP contribution < -0.4 is 0 Å². The van der Waals surface area contributed by atoms with Crippen molar-refractivity contribution in [3.8, 4) is 0 Å². The molecular formula is C31H42O10S. The molecule has 9 atom stereocenters. The number of hydrogen-bond acceptors (Lipinski definition) is 10. The number of carbonyl (C=O) groups is 1. The number of aliphatic hydroxyl groups excluding tert-OH is 1. The Morgan fingerprint density at radius 2 is 1.69 bits per heavy atom. The molecule has 11 heteroatoms. The first kappa shape index (κ1) is 30.3. The zero-order valence-electron chi connectivity index (χ0n) is 25.2. The van der Waals surface area contributed by atoms with E-state index in [0.717, 1.165) is 17.4 Å². The van der Waals surface area contributed by atoms with Crippen molar-refractivity contribution < 1.29 is 46.6 Å². The molecule has 0 aromatic heterocycles. The molecule has 10 nitrogen and oxygen atoms in total. The molecule has 1 unspecified atom stereocenters. The van der Waals surface area contributed by atoms with Gasteiger partial charge in [0.1, 0.15) is 23.4 Å². The molecule has 4 fully saturated rings. The number of fused-ring (bicyclic) bond motifs is 6. The molecule has 2 bridgehead atoms. The minimum atomic E-state index is -4.01. The lowest BCUT2D eigenvalue weighted by Gasteiger charge is -2.63. The topological polar surface area (TPSA) is 138 Å². The van der Waals surface area contributed by atoms with Crippen molar-refractivity contribution in [2.24, 2.45) is 16.7 Å². The van der Waals surface area contributed by atoms with Crippen LogP contribution in [-0.2, 0) is 38.0 Å². The third kappa shape index (κ3) is 4.15. The van der Waals surface area contributed by atoms with E-state index in [1.807, 2.05) is 71.9 Å². The number of ketones is 1. The maximum atomic E-state index is 13.9. The van der Waals surface area contributed by atoms with Gasteiger partial charge in [0, 0.05) is 28.7 Å². The summed E-state index contributed by atoms with van der Waals surface area (Å²) in [5.74, 6) is -2.14. The number of benzene rings is 1. The fourth-order valence-electron chi connectivity index (χ4n) is 8.83. The Balaban J connectivity index is 1.64. The van der Waals surface area contributed by atoms with Crippen LogP contribution in [0.2, 0.25) is 0 Å². The summed E-state index contributed by atoms with van der Waals surface area (Å²) in [5.41, 5.74) is -3.09. The zero-order chi connectivity index (χ0) is 30.7. The summed E-state index contributed by atoms with van der Waals surface area (Å²) in [4.78, 5) is 13.9. The molecule has 2 heterocycles. The van der Waals surface area contributed by atoms with Gasteiger partial charge >= 0.3 is 0 Å². The lowest BCUT2D eigenvalue weighted by atomic mass is 9.46. The van der Waals surface area contributed by atoms with Crippen molar-refractivity contribution in [2.45, 2.75) is 108 Å². The first-order chi connectivity index (χ1) is 19.4. The first-order valence-corrected chi connectivity index (χ1v) is 16.4. The van der Waals surface area contributed by atoms with E-state index in [2.05, 4.69) is 0 Å². The Labute approximate surface area is 247 Å². The van der Waals surface area contributed by atoms with Gasteiger partial charge in [0.15, 0.2) is 17.9 Å². The molecule has 3 aliphatic carbocycles. The second kappa shape index (κ2) is 9.40. The minimum absolute atomic E-state index is 0.0311. The maximum absolute atomic E-state index is 13.9. The fraction of sp³-hybridized carbons (Fsp3) is 0.710. The smallest absolute Gasteiger partial charge is 0.264 e. The highest BCUT2D eigenvalue weighted by Crippen LogP contribution is 2.68. The molecule has 2 saturated carbocycles. The molecule has 42 heavy (non-hydrogen) atoms. The molecule has 1 aromatic carbocycles. The highest BCUT2D eigenvalue weighted by molar-refractivity contribution is 7.86. The molecule has 6 rings (SSSR count). The summed E-state index contributed by atoms with van der Waals surface area (Å²) in [6.07, 6.45) is -3.06. The predicted molar refractivity (Wildman–Crippen MR) is 150 cm³/mol. The third-order valence-corrected chi connectivity index (χ3v) is 11.3. The van der Waals surface area contributed by atoms with Crippen LogP contribution in [0, 0.1) is 16.7 Å². The van der Waals surface area contributed by atoms with Gasteiger partial charge in [-0.25, -0.2) is 0 Å². The summed E-state index contributed by atoms with van der Waals surface area (Å²) < 4.78 is 57.2. The number of rotatable bonds is 4. The van der Waals surface area contributed by atoms with Gasteiger partial charge in [-0.15, -0.1) is 0 Å². The molecule has 5 aliphatic rings. The monoisotopic (exact) mass is 606 g/mol. The zero-order valence-corrected chi connectivity index (χ0v) is 26.1. The fourth-order valence-corrected chi connectivity index (χ4v) is 9.51. The predicted octanol–water partition coefficient (Wildman–Crippen LogP) is 3.17. The average Bonchev–Trinajstić information content (AvgIpc) is 3.43. The van der Waals surface area contributed by atoms with E-state index >= 15 is 0 Å². The third-order valence-electron chi connectivity index (χ3n) is 10.7. The van der Waals surface area contributed by atoms with E-state index in [1.54, 1.807) is 0 Å². The lowest BCUT2D eigenvalue weighted by Crippen LogP contribution is -2.74. The summed E-state index contributed by atoms with van der Waals surface area (Å²) in [6.45, 7) is 10.6. The molecule has 2 saturated heterocycles. The summed E-state index contributed by atoms with van der Waals surface area (Å²) in [6, 6.07) is 9.36. The Hall–Kier alpha value is -1.70. The van der Waals surface area contributed by atoms with Crippen LogP contribution >= 0.6 is 0 Å². The van der Waals surface area contributed by atoms with E-state index in [-0.39, 0.29) is 18.6 Å². The number of allylic oxidation sites excluding steroid dienone is 1. The van der Waals surface area contributed by atoms with E-state index in [1.165, 1.54) is 0 Å². The number of hydrogen-bond donors (Lipinski definition) is 2. The van der Waals surface area contributed by atoms with Gasteiger partial charge in [-0.3, -0.25) is 8.98 Å². The number of Topliss-reactive ketones (excluding diaryl/α,β-unsaturated/α-hetero) is 1. The molecule has 2 N–H and O–H groups in total. The quantitative estimate of drug-likeness (QED) is 0.492. The van der Waals surface area contributed by atoms with Crippen LogP contribution in [0.1, 0.15) is 72.7 Å². The van der Waals surface area contributed by atoms with Crippen molar-refractivity contribution in [1.29, 1.82) is 0 Å². The summed E-state index contributed by atoms with van der Waals surface area (Å²) in [7, 11) is -4.01.